The van der Waals surface area contributed by atoms with Crippen molar-refractivity contribution in [3.63, 3.8) is 0 Å². The summed E-state index contributed by atoms with van der Waals surface area (Å²) in [5, 5.41) is 3.78. The zero-order valence-corrected chi connectivity index (χ0v) is 12.2. The molecule has 1 heterocycles. The number of fused-ring (bicyclic) bond motifs is 1. The molecule has 6 heteroatoms. The monoisotopic (exact) mass is 288 g/mol. The van der Waals surface area contributed by atoms with E-state index in [1.807, 2.05) is 31.2 Å². The molecular formula is C15H20N4O2. The number of rotatable bonds is 6. The van der Waals surface area contributed by atoms with Crippen LogP contribution in [0.5, 0.6) is 0 Å². The van der Waals surface area contributed by atoms with Gasteiger partial charge in [-0.15, -0.1) is 0 Å². The van der Waals surface area contributed by atoms with E-state index in [0.29, 0.717) is 18.0 Å². The summed E-state index contributed by atoms with van der Waals surface area (Å²) in [4.78, 5) is 16.6. The molecule has 0 saturated carbocycles. The molecule has 1 amide bonds. The number of nitrogens with zero attached hydrogens (tertiary/aromatic N) is 1. The summed E-state index contributed by atoms with van der Waals surface area (Å²) in [6, 6.07) is 9.19. The van der Waals surface area contributed by atoms with Crippen LogP contribution >= 0.6 is 0 Å². The summed E-state index contributed by atoms with van der Waals surface area (Å²) in [7, 11) is 1.64. The van der Waals surface area contributed by atoms with Gasteiger partial charge in [-0.1, -0.05) is 18.2 Å². The van der Waals surface area contributed by atoms with Crippen molar-refractivity contribution in [2.45, 2.75) is 19.4 Å². The number of nitrogens with two attached hydrogens (primary N) is 1. The number of hydrogen-bond donors (Lipinski definition) is 3. The molecule has 0 saturated heterocycles. The number of pyridine rings is 1. The largest absolute Gasteiger partial charge is 0.385 e. The van der Waals surface area contributed by atoms with E-state index in [-0.39, 0.29) is 11.9 Å². The molecule has 0 aliphatic rings. The normalized spacial score (nSPS) is 12.1. The molecule has 1 atom stereocenters. The van der Waals surface area contributed by atoms with Crippen LogP contribution in [0.15, 0.2) is 30.3 Å². The molecule has 1 aromatic heterocycles. The van der Waals surface area contributed by atoms with E-state index in [4.69, 9.17) is 10.6 Å². The van der Waals surface area contributed by atoms with E-state index in [0.717, 1.165) is 17.3 Å². The lowest BCUT2D eigenvalue weighted by molar-refractivity contribution is 0.0925. The zero-order chi connectivity index (χ0) is 15.2. The highest BCUT2D eigenvalue weighted by Gasteiger charge is 2.13. The van der Waals surface area contributed by atoms with Gasteiger partial charge in [0.25, 0.3) is 5.91 Å². The van der Waals surface area contributed by atoms with Crippen LogP contribution in [-0.2, 0) is 4.74 Å². The highest BCUT2D eigenvalue weighted by atomic mass is 16.5. The molecular weight excluding hydrogens is 268 g/mol. The number of benzene rings is 1. The van der Waals surface area contributed by atoms with E-state index in [1.165, 1.54) is 0 Å². The number of nitrogen functional groups attached to an aromatic ring is 1. The van der Waals surface area contributed by atoms with E-state index < -0.39 is 0 Å². The first-order chi connectivity index (χ1) is 10.2. The Kier molecular flexibility index (Phi) is 5.08. The van der Waals surface area contributed by atoms with Gasteiger partial charge in [0.15, 0.2) is 0 Å². The quantitative estimate of drug-likeness (QED) is 0.556. The average molecular weight is 288 g/mol. The van der Waals surface area contributed by atoms with Crippen LogP contribution in [0, 0.1) is 0 Å². The topological polar surface area (TPSA) is 89.3 Å². The summed E-state index contributed by atoms with van der Waals surface area (Å²) in [5.74, 6) is 5.30. The molecule has 0 fully saturated rings. The second kappa shape index (κ2) is 7.01. The number of hydrazine groups is 1. The van der Waals surface area contributed by atoms with Crippen LogP contribution in [0.4, 0.5) is 5.69 Å². The fraction of sp³-hybridized carbons (Fsp3) is 0.333. The molecule has 2 rings (SSSR count). The van der Waals surface area contributed by atoms with E-state index in [9.17, 15) is 4.79 Å². The fourth-order valence-electron chi connectivity index (χ4n) is 2.08. The summed E-state index contributed by atoms with van der Waals surface area (Å²) < 4.78 is 5.00. The van der Waals surface area contributed by atoms with Gasteiger partial charge in [0, 0.05) is 25.1 Å². The minimum absolute atomic E-state index is 0.0139. The predicted octanol–water partition coefficient (Wildman–Crippen LogP) is 1.68. The number of methoxy groups -OCH3 is 1. The van der Waals surface area contributed by atoms with Crippen LogP contribution < -0.4 is 16.6 Å². The summed E-state index contributed by atoms with van der Waals surface area (Å²) in [6.07, 6.45) is 0.748. The van der Waals surface area contributed by atoms with Crippen molar-refractivity contribution in [2.24, 2.45) is 5.84 Å². The maximum absolute atomic E-state index is 12.2. The molecule has 112 valence electrons. The Balaban J connectivity index is 2.23. The molecule has 1 aromatic carbocycles. The molecule has 21 heavy (non-hydrogen) atoms. The average Bonchev–Trinajstić information content (AvgIpc) is 2.51. The summed E-state index contributed by atoms with van der Waals surface area (Å²) in [6.45, 7) is 2.53. The number of para-hydroxylation sites is 1. The maximum Gasteiger partial charge on any atom is 0.270 e. The van der Waals surface area contributed by atoms with E-state index in [2.05, 4.69) is 15.7 Å². The first-order valence-electron chi connectivity index (χ1n) is 6.82. The number of ether oxygens (including phenoxy) is 1. The van der Waals surface area contributed by atoms with Gasteiger partial charge < -0.3 is 15.5 Å². The van der Waals surface area contributed by atoms with Gasteiger partial charge in [0.2, 0.25) is 0 Å². The number of nitrogens with one attached hydrogen (secondary N) is 2. The van der Waals surface area contributed by atoms with Crippen LogP contribution in [-0.4, -0.2) is 30.6 Å². The Morgan fingerprint density at radius 1 is 1.43 bits per heavy atom. The highest BCUT2D eigenvalue weighted by molar-refractivity contribution is 5.99. The summed E-state index contributed by atoms with van der Waals surface area (Å²) >= 11 is 0. The highest BCUT2D eigenvalue weighted by Crippen LogP contribution is 2.22. The third kappa shape index (κ3) is 3.68. The number of carbonyl (C=O) groups is 1. The smallest absolute Gasteiger partial charge is 0.270 e. The van der Waals surface area contributed by atoms with Gasteiger partial charge in [-0.25, -0.2) is 4.98 Å². The lowest BCUT2D eigenvalue weighted by Gasteiger charge is -2.14. The van der Waals surface area contributed by atoms with Crippen molar-refractivity contribution in [2.75, 3.05) is 19.1 Å². The van der Waals surface area contributed by atoms with Gasteiger partial charge >= 0.3 is 0 Å². The molecule has 4 N–H and O–H groups in total. The minimum atomic E-state index is -0.221. The Bertz CT molecular complexity index is 630. The van der Waals surface area contributed by atoms with Gasteiger partial charge in [-0.3, -0.25) is 10.6 Å². The van der Waals surface area contributed by atoms with Crippen molar-refractivity contribution in [1.29, 1.82) is 0 Å². The first kappa shape index (κ1) is 15.2. The number of anilines is 1. The van der Waals surface area contributed by atoms with E-state index in [1.54, 1.807) is 13.2 Å². The molecule has 2 aromatic rings. The molecule has 0 aliphatic carbocycles. The van der Waals surface area contributed by atoms with E-state index >= 15 is 0 Å². The first-order valence-corrected chi connectivity index (χ1v) is 6.82. The fourth-order valence-corrected chi connectivity index (χ4v) is 2.08. The van der Waals surface area contributed by atoms with Crippen molar-refractivity contribution >= 4 is 22.5 Å². The van der Waals surface area contributed by atoms with Crippen molar-refractivity contribution in [3.05, 3.63) is 36.0 Å². The second-order valence-corrected chi connectivity index (χ2v) is 4.87. The molecule has 6 nitrogen and oxygen atoms in total. The Labute approximate surface area is 123 Å². The van der Waals surface area contributed by atoms with Gasteiger partial charge in [-0.05, 0) is 25.5 Å². The third-order valence-corrected chi connectivity index (χ3v) is 3.24. The van der Waals surface area contributed by atoms with Gasteiger partial charge in [-0.2, -0.15) is 0 Å². The predicted molar refractivity (Wildman–Crippen MR) is 83.0 cm³/mol. The number of hydrogen-bond acceptors (Lipinski definition) is 5. The van der Waals surface area contributed by atoms with Crippen LogP contribution in [0.2, 0.25) is 0 Å². The molecule has 1 unspecified atom stereocenters. The van der Waals surface area contributed by atoms with Crippen molar-refractivity contribution in [1.82, 2.24) is 10.3 Å². The molecule has 0 radical (unpaired) electrons. The van der Waals surface area contributed by atoms with Crippen LogP contribution in [0.3, 0.4) is 0 Å². The standard InChI is InChI=1S/C15H20N4O2/c1-10(7-8-21-2)17-15(20)14-9-13(19-16)11-5-3-4-6-12(11)18-14/h3-6,9-10H,7-8,16H2,1-2H3,(H,17,20)(H,18,19). The minimum Gasteiger partial charge on any atom is -0.385 e. The molecule has 0 spiro atoms. The van der Waals surface area contributed by atoms with Crippen molar-refractivity contribution in [3.8, 4) is 0 Å². The SMILES string of the molecule is COCCC(C)NC(=O)c1cc(NN)c2ccccc2n1. The zero-order valence-electron chi connectivity index (χ0n) is 12.2. The number of carbonyl (C=O) groups excluding carboxylic acids is 1. The van der Waals surface area contributed by atoms with Crippen LogP contribution in [0.1, 0.15) is 23.8 Å². The number of amides is 1. The lowest BCUT2D eigenvalue weighted by atomic mass is 10.1. The number of aromatic nitrogens is 1. The van der Waals surface area contributed by atoms with Gasteiger partial charge in [0.1, 0.15) is 5.69 Å². The van der Waals surface area contributed by atoms with Crippen molar-refractivity contribution < 1.29 is 9.53 Å². The maximum atomic E-state index is 12.2. The third-order valence-electron chi connectivity index (χ3n) is 3.24. The summed E-state index contributed by atoms with van der Waals surface area (Å²) in [5.41, 5.74) is 4.35. The second-order valence-electron chi connectivity index (χ2n) is 4.87. The lowest BCUT2D eigenvalue weighted by Crippen LogP contribution is -2.34. The van der Waals surface area contributed by atoms with Gasteiger partial charge in [0.05, 0.1) is 11.2 Å². The Morgan fingerprint density at radius 2 is 2.19 bits per heavy atom. The molecule has 0 bridgehead atoms. The Morgan fingerprint density at radius 3 is 2.90 bits per heavy atom. The van der Waals surface area contributed by atoms with Crippen LogP contribution in [0.25, 0.3) is 10.9 Å². The molecule has 0 aliphatic heterocycles. The Hall–Kier alpha value is -2.18.